The monoisotopic (exact) mass is 212 g/mol. The van der Waals surface area contributed by atoms with Gasteiger partial charge in [-0.3, -0.25) is 0 Å². The van der Waals surface area contributed by atoms with Crippen LogP contribution in [0.2, 0.25) is 0 Å². The Balaban J connectivity index is 1.65. The first-order chi connectivity index (χ1) is 7.15. The highest BCUT2D eigenvalue weighted by molar-refractivity contribution is 4.84. The average molecular weight is 212 g/mol. The molecule has 2 atom stereocenters. The van der Waals surface area contributed by atoms with Crippen LogP contribution in [0.15, 0.2) is 0 Å². The van der Waals surface area contributed by atoms with Gasteiger partial charge >= 0.3 is 0 Å². The first kappa shape index (κ1) is 11.4. The molecule has 0 spiro atoms. The predicted molar refractivity (Wildman–Crippen MR) is 61.5 cm³/mol. The second kappa shape index (κ2) is 4.81. The van der Waals surface area contributed by atoms with Crippen LogP contribution in [0.1, 0.15) is 32.1 Å². The average Bonchev–Trinajstić information content (AvgIpc) is 2.49. The number of nitrogens with zero attached hydrogens (tertiary/aromatic N) is 1. The maximum absolute atomic E-state index is 9.22. The highest BCUT2D eigenvalue weighted by Crippen LogP contribution is 2.29. The van der Waals surface area contributed by atoms with Crippen LogP contribution in [0, 0.1) is 11.8 Å². The number of aliphatic hydroxyl groups is 1. The summed E-state index contributed by atoms with van der Waals surface area (Å²) in [5.41, 5.74) is 6.06. The van der Waals surface area contributed by atoms with Gasteiger partial charge < -0.3 is 15.7 Å². The Bertz CT molecular complexity index is 204. The van der Waals surface area contributed by atoms with Gasteiger partial charge in [0.25, 0.3) is 0 Å². The second-order valence-electron chi connectivity index (χ2n) is 5.57. The predicted octanol–water partition coefficient (Wildman–Crippen LogP) is 0.817. The molecule has 2 aliphatic carbocycles. The highest BCUT2D eigenvalue weighted by Gasteiger charge is 2.30. The molecule has 2 saturated carbocycles. The zero-order chi connectivity index (χ0) is 10.8. The molecule has 2 fully saturated rings. The number of rotatable bonds is 4. The van der Waals surface area contributed by atoms with Crippen molar-refractivity contribution in [3.05, 3.63) is 0 Å². The summed E-state index contributed by atoms with van der Waals surface area (Å²) in [4.78, 5) is 2.41. The van der Waals surface area contributed by atoms with E-state index in [4.69, 9.17) is 5.73 Å². The van der Waals surface area contributed by atoms with Gasteiger partial charge in [-0.05, 0) is 44.6 Å². The Hall–Kier alpha value is -0.120. The van der Waals surface area contributed by atoms with Gasteiger partial charge in [-0.15, -0.1) is 0 Å². The molecule has 88 valence electrons. The minimum Gasteiger partial charge on any atom is -0.393 e. The van der Waals surface area contributed by atoms with E-state index < -0.39 is 0 Å². The van der Waals surface area contributed by atoms with E-state index in [1.54, 1.807) is 0 Å². The summed E-state index contributed by atoms with van der Waals surface area (Å²) in [6, 6.07) is 0.430. The normalized spacial score (nSPS) is 40.8. The lowest BCUT2D eigenvalue weighted by atomic mass is 9.82. The van der Waals surface area contributed by atoms with Crippen LogP contribution in [0.4, 0.5) is 0 Å². The van der Waals surface area contributed by atoms with Gasteiger partial charge in [-0.1, -0.05) is 6.42 Å². The Morgan fingerprint density at radius 1 is 1.27 bits per heavy atom. The molecular weight excluding hydrogens is 188 g/mol. The standard InChI is InChI=1S/C12H24N2O/c1-14(7-9-5-11(15)6-9)8-10-3-2-4-12(10)13/h9-12,15H,2-8,13H2,1H3. The minimum atomic E-state index is -0.0165. The molecule has 0 saturated heterocycles. The minimum absolute atomic E-state index is 0.0165. The number of aliphatic hydroxyl groups excluding tert-OH is 1. The Morgan fingerprint density at radius 2 is 2.00 bits per heavy atom. The summed E-state index contributed by atoms with van der Waals surface area (Å²) in [5.74, 6) is 1.43. The van der Waals surface area contributed by atoms with Crippen LogP contribution < -0.4 is 5.73 Å². The van der Waals surface area contributed by atoms with Gasteiger partial charge in [-0.2, -0.15) is 0 Å². The molecule has 0 radical (unpaired) electrons. The zero-order valence-corrected chi connectivity index (χ0v) is 9.73. The van der Waals surface area contributed by atoms with Crippen LogP contribution in [-0.2, 0) is 0 Å². The molecule has 3 N–H and O–H groups in total. The maximum Gasteiger partial charge on any atom is 0.0546 e. The number of hydrogen-bond donors (Lipinski definition) is 2. The third-order valence-corrected chi connectivity index (χ3v) is 4.04. The van der Waals surface area contributed by atoms with Gasteiger partial charge in [0.15, 0.2) is 0 Å². The molecule has 0 aromatic heterocycles. The van der Waals surface area contributed by atoms with E-state index in [2.05, 4.69) is 11.9 Å². The van der Waals surface area contributed by atoms with E-state index in [0.29, 0.717) is 12.0 Å². The molecule has 0 heterocycles. The molecule has 2 unspecified atom stereocenters. The maximum atomic E-state index is 9.22. The summed E-state index contributed by atoms with van der Waals surface area (Å²) in [5, 5.41) is 9.22. The number of hydrogen-bond acceptors (Lipinski definition) is 3. The van der Waals surface area contributed by atoms with Crippen molar-refractivity contribution in [3.63, 3.8) is 0 Å². The van der Waals surface area contributed by atoms with Gasteiger partial charge in [0.2, 0.25) is 0 Å². The summed E-state index contributed by atoms with van der Waals surface area (Å²) in [7, 11) is 2.19. The molecule has 0 aromatic rings. The SMILES string of the molecule is CN(CC1CC(O)C1)CC1CCCC1N. The summed E-state index contributed by atoms with van der Waals surface area (Å²) < 4.78 is 0. The topological polar surface area (TPSA) is 49.5 Å². The van der Waals surface area contributed by atoms with Crippen molar-refractivity contribution in [2.24, 2.45) is 17.6 Å². The van der Waals surface area contributed by atoms with Crippen molar-refractivity contribution >= 4 is 0 Å². The third kappa shape index (κ3) is 2.92. The third-order valence-electron chi connectivity index (χ3n) is 4.04. The summed E-state index contributed by atoms with van der Waals surface area (Å²) in [6.07, 6.45) is 5.81. The van der Waals surface area contributed by atoms with Gasteiger partial charge in [0.05, 0.1) is 6.10 Å². The lowest BCUT2D eigenvalue weighted by Crippen LogP contribution is -2.40. The van der Waals surface area contributed by atoms with E-state index in [1.165, 1.54) is 19.3 Å². The second-order valence-corrected chi connectivity index (χ2v) is 5.57. The van der Waals surface area contributed by atoms with Crippen LogP contribution in [-0.4, -0.2) is 42.3 Å². The van der Waals surface area contributed by atoms with Crippen molar-refractivity contribution in [3.8, 4) is 0 Å². The highest BCUT2D eigenvalue weighted by atomic mass is 16.3. The molecule has 15 heavy (non-hydrogen) atoms. The van der Waals surface area contributed by atoms with Crippen molar-refractivity contribution in [2.75, 3.05) is 20.1 Å². The summed E-state index contributed by atoms with van der Waals surface area (Å²) in [6.45, 7) is 2.29. The largest absolute Gasteiger partial charge is 0.393 e. The van der Waals surface area contributed by atoms with Crippen molar-refractivity contribution < 1.29 is 5.11 Å². The first-order valence-corrected chi connectivity index (χ1v) is 6.27. The van der Waals surface area contributed by atoms with E-state index in [-0.39, 0.29) is 6.10 Å². The van der Waals surface area contributed by atoms with Gasteiger partial charge in [0, 0.05) is 19.1 Å². The van der Waals surface area contributed by atoms with E-state index in [1.807, 2.05) is 0 Å². The molecule has 0 bridgehead atoms. The van der Waals surface area contributed by atoms with Gasteiger partial charge in [-0.25, -0.2) is 0 Å². The fourth-order valence-corrected chi connectivity index (χ4v) is 3.06. The molecule has 2 aliphatic rings. The Kier molecular flexibility index (Phi) is 3.65. The molecule has 3 heteroatoms. The van der Waals surface area contributed by atoms with Crippen LogP contribution >= 0.6 is 0 Å². The molecule has 0 aliphatic heterocycles. The first-order valence-electron chi connectivity index (χ1n) is 6.27. The van der Waals surface area contributed by atoms with E-state index >= 15 is 0 Å². The quantitative estimate of drug-likeness (QED) is 0.725. The van der Waals surface area contributed by atoms with Gasteiger partial charge in [0.1, 0.15) is 0 Å². The van der Waals surface area contributed by atoms with Crippen molar-refractivity contribution in [2.45, 2.75) is 44.2 Å². The van der Waals surface area contributed by atoms with Crippen molar-refractivity contribution in [1.82, 2.24) is 4.90 Å². The lowest BCUT2D eigenvalue weighted by Gasteiger charge is -2.35. The molecule has 2 rings (SSSR count). The molecular formula is C12H24N2O. The lowest BCUT2D eigenvalue weighted by molar-refractivity contribution is 0.0262. The molecule has 0 amide bonds. The fraction of sp³-hybridized carbons (Fsp3) is 1.00. The smallest absolute Gasteiger partial charge is 0.0546 e. The Labute approximate surface area is 92.6 Å². The van der Waals surface area contributed by atoms with Crippen LogP contribution in [0.5, 0.6) is 0 Å². The Morgan fingerprint density at radius 3 is 2.53 bits per heavy atom. The fourth-order valence-electron chi connectivity index (χ4n) is 3.06. The van der Waals surface area contributed by atoms with E-state index in [0.717, 1.165) is 31.8 Å². The van der Waals surface area contributed by atoms with Crippen molar-refractivity contribution in [1.29, 1.82) is 0 Å². The number of nitrogens with two attached hydrogens (primary N) is 1. The van der Waals surface area contributed by atoms with Crippen LogP contribution in [0.3, 0.4) is 0 Å². The zero-order valence-electron chi connectivity index (χ0n) is 9.73. The molecule has 0 aromatic carbocycles. The van der Waals surface area contributed by atoms with E-state index in [9.17, 15) is 5.11 Å². The molecule has 3 nitrogen and oxygen atoms in total. The summed E-state index contributed by atoms with van der Waals surface area (Å²) >= 11 is 0. The van der Waals surface area contributed by atoms with Crippen LogP contribution in [0.25, 0.3) is 0 Å².